The molecule has 0 bridgehead atoms. The van der Waals surface area contributed by atoms with E-state index in [9.17, 15) is 17.6 Å². The summed E-state index contributed by atoms with van der Waals surface area (Å²) in [6.07, 6.45) is -4.34. The first kappa shape index (κ1) is 13.9. The molecule has 0 aliphatic heterocycles. The largest absolute Gasteiger partial charge is 0.401 e. The Bertz CT molecular complexity index is 376. The Morgan fingerprint density at radius 1 is 1.35 bits per heavy atom. The lowest BCUT2D eigenvalue weighted by Crippen LogP contribution is -2.36. The first-order valence-electron chi connectivity index (χ1n) is 5.09. The average Bonchev–Trinajstić information content (AvgIpc) is 2.22. The number of nitrogens with two attached hydrogens (primary N) is 1. The number of hydrogen-bond acceptors (Lipinski definition) is 2. The number of rotatable bonds is 4. The number of alkyl halides is 3. The van der Waals surface area contributed by atoms with Crippen molar-refractivity contribution in [1.82, 2.24) is 5.32 Å². The highest BCUT2D eigenvalue weighted by Gasteiger charge is 2.28. The molecule has 0 fully saturated rings. The van der Waals surface area contributed by atoms with Gasteiger partial charge in [0, 0.05) is 18.2 Å². The minimum absolute atomic E-state index is 0.101. The Hall–Kier alpha value is -1.14. The van der Waals surface area contributed by atoms with Crippen LogP contribution in [0.2, 0.25) is 0 Å². The van der Waals surface area contributed by atoms with Crippen molar-refractivity contribution in [2.45, 2.75) is 19.1 Å². The molecule has 0 saturated carbocycles. The number of nitrogens with one attached hydrogen (secondary N) is 1. The second-order valence-electron chi connectivity index (χ2n) is 3.81. The molecule has 0 heterocycles. The van der Waals surface area contributed by atoms with Crippen molar-refractivity contribution < 1.29 is 17.6 Å². The molecule has 0 spiro atoms. The van der Waals surface area contributed by atoms with E-state index in [1.165, 1.54) is 12.1 Å². The van der Waals surface area contributed by atoms with Crippen LogP contribution in [0, 0.1) is 12.7 Å². The molecule has 17 heavy (non-hydrogen) atoms. The molecular weight excluding hydrogens is 236 g/mol. The van der Waals surface area contributed by atoms with Crippen LogP contribution in [-0.4, -0.2) is 19.3 Å². The molecule has 0 amide bonds. The van der Waals surface area contributed by atoms with E-state index in [0.29, 0.717) is 0 Å². The molecule has 1 aromatic carbocycles. The van der Waals surface area contributed by atoms with Gasteiger partial charge in [-0.1, -0.05) is 17.7 Å². The Labute approximate surface area is 96.8 Å². The van der Waals surface area contributed by atoms with Crippen LogP contribution >= 0.6 is 0 Å². The van der Waals surface area contributed by atoms with Gasteiger partial charge in [-0.05, 0) is 13.0 Å². The molecule has 1 rings (SSSR count). The average molecular weight is 250 g/mol. The zero-order valence-corrected chi connectivity index (χ0v) is 9.31. The standard InChI is InChI=1S/C11H14F4N2/c1-7-2-3-9(12)8(4-7)10(5-16)17-6-11(13,14)15/h2-4,10,17H,5-6,16H2,1H3. The molecule has 0 radical (unpaired) electrons. The third-order valence-corrected chi connectivity index (χ3v) is 2.31. The van der Waals surface area contributed by atoms with Crippen molar-refractivity contribution in [3.05, 3.63) is 35.1 Å². The molecule has 1 aromatic rings. The quantitative estimate of drug-likeness (QED) is 0.804. The van der Waals surface area contributed by atoms with Gasteiger partial charge in [0.25, 0.3) is 0 Å². The maximum atomic E-state index is 13.4. The first-order chi connectivity index (χ1) is 7.83. The van der Waals surface area contributed by atoms with E-state index in [1.807, 2.05) is 0 Å². The van der Waals surface area contributed by atoms with E-state index in [4.69, 9.17) is 5.73 Å². The fourth-order valence-electron chi connectivity index (χ4n) is 1.49. The summed E-state index contributed by atoms with van der Waals surface area (Å²) >= 11 is 0. The second-order valence-corrected chi connectivity index (χ2v) is 3.81. The minimum atomic E-state index is -4.34. The number of aryl methyl sites for hydroxylation is 1. The van der Waals surface area contributed by atoms with Gasteiger partial charge in [0.15, 0.2) is 0 Å². The minimum Gasteiger partial charge on any atom is -0.329 e. The van der Waals surface area contributed by atoms with Gasteiger partial charge in [0.05, 0.1) is 6.54 Å². The van der Waals surface area contributed by atoms with Crippen LogP contribution in [-0.2, 0) is 0 Å². The molecule has 96 valence electrons. The summed E-state index contributed by atoms with van der Waals surface area (Å²) in [6, 6.07) is 3.44. The van der Waals surface area contributed by atoms with Crippen LogP contribution in [0.1, 0.15) is 17.2 Å². The van der Waals surface area contributed by atoms with Crippen LogP contribution < -0.4 is 11.1 Å². The zero-order valence-electron chi connectivity index (χ0n) is 9.31. The van der Waals surface area contributed by atoms with Crippen LogP contribution in [0.4, 0.5) is 17.6 Å². The molecule has 0 aromatic heterocycles. The van der Waals surface area contributed by atoms with Crippen LogP contribution in [0.3, 0.4) is 0 Å². The van der Waals surface area contributed by atoms with E-state index in [1.54, 1.807) is 13.0 Å². The third-order valence-electron chi connectivity index (χ3n) is 2.31. The zero-order chi connectivity index (χ0) is 13.1. The van der Waals surface area contributed by atoms with Gasteiger partial charge in [-0.15, -0.1) is 0 Å². The maximum absolute atomic E-state index is 13.4. The molecule has 0 saturated heterocycles. The summed E-state index contributed by atoms with van der Waals surface area (Å²) in [6.45, 7) is 0.443. The van der Waals surface area contributed by atoms with Crippen molar-refractivity contribution >= 4 is 0 Å². The topological polar surface area (TPSA) is 38.0 Å². The van der Waals surface area contributed by atoms with Crippen LogP contribution in [0.25, 0.3) is 0 Å². The Morgan fingerprint density at radius 3 is 2.53 bits per heavy atom. The SMILES string of the molecule is Cc1ccc(F)c(C(CN)NCC(F)(F)F)c1. The van der Waals surface area contributed by atoms with Crippen LogP contribution in [0.15, 0.2) is 18.2 Å². The lowest BCUT2D eigenvalue weighted by Gasteiger charge is -2.19. The number of benzene rings is 1. The Balaban J connectivity index is 2.82. The summed E-state index contributed by atoms with van der Waals surface area (Å²) in [4.78, 5) is 0. The van der Waals surface area contributed by atoms with Gasteiger partial charge >= 0.3 is 6.18 Å². The van der Waals surface area contributed by atoms with Gasteiger partial charge < -0.3 is 11.1 Å². The lowest BCUT2D eigenvalue weighted by molar-refractivity contribution is -0.126. The fourth-order valence-corrected chi connectivity index (χ4v) is 1.49. The third kappa shape index (κ3) is 4.32. The van der Waals surface area contributed by atoms with Gasteiger partial charge in [0.1, 0.15) is 5.82 Å². The van der Waals surface area contributed by atoms with E-state index >= 15 is 0 Å². The highest BCUT2D eigenvalue weighted by atomic mass is 19.4. The fraction of sp³-hybridized carbons (Fsp3) is 0.455. The van der Waals surface area contributed by atoms with Gasteiger partial charge in [0.2, 0.25) is 0 Å². The molecule has 2 nitrogen and oxygen atoms in total. The van der Waals surface area contributed by atoms with Crippen molar-refractivity contribution in [2.24, 2.45) is 5.73 Å². The summed E-state index contributed by atoms with van der Waals surface area (Å²) in [5.74, 6) is -0.555. The smallest absolute Gasteiger partial charge is 0.329 e. The predicted octanol–water partition coefficient (Wildman–Crippen LogP) is 2.29. The molecular formula is C11H14F4N2. The first-order valence-corrected chi connectivity index (χ1v) is 5.09. The van der Waals surface area contributed by atoms with Gasteiger partial charge in [-0.25, -0.2) is 4.39 Å². The van der Waals surface area contributed by atoms with Crippen molar-refractivity contribution in [2.75, 3.05) is 13.1 Å². The van der Waals surface area contributed by atoms with Crippen molar-refractivity contribution in [3.63, 3.8) is 0 Å². The summed E-state index contributed by atoms with van der Waals surface area (Å²) < 4.78 is 49.6. The highest BCUT2D eigenvalue weighted by molar-refractivity contribution is 5.27. The predicted molar refractivity (Wildman–Crippen MR) is 57.0 cm³/mol. The summed E-state index contributed by atoms with van der Waals surface area (Å²) in [5, 5.41) is 2.20. The van der Waals surface area contributed by atoms with E-state index in [2.05, 4.69) is 5.32 Å². The lowest BCUT2D eigenvalue weighted by atomic mass is 10.0. The number of halogens is 4. The summed E-state index contributed by atoms with van der Waals surface area (Å²) in [7, 11) is 0. The van der Waals surface area contributed by atoms with Crippen molar-refractivity contribution in [1.29, 1.82) is 0 Å². The van der Waals surface area contributed by atoms with Crippen molar-refractivity contribution in [3.8, 4) is 0 Å². The van der Waals surface area contributed by atoms with Crippen LogP contribution in [0.5, 0.6) is 0 Å². The van der Waals surface area contributed by atoms with E-state index in [-0.39, 0.29) is 12.1 Å². The Kier molecular flexibility index (Phi) is 4.47. The highest BCUT2D eigenvalue weighted by Crippen LogP contribution is 2.20. The van der Waals surface area contributed by atoms with Gasteiger partial charge in [-0.3, -0.25) is 0 Å². The molecule has 0 aliphatic carbocycles. The maximum Gasteiger partial charge on any atom is 0.401 e. The summed E-state index contributed by atoms with van der Waals surface area (Å²) in [5.41, 5.74) is 6.29. The number of hydrogen-bond donors (Lipinski definition) is 2. The molecule has 3 N–H and O–H groups in total. The monoisotopic (exact) mass is 250 g/mol. The molecule has 1 atom stereocenters. The Morgan fingerprint density at radius 2 is 2.00 bits per heavy atom. The van der Waals surface area contributed by atoms with E-state index in [0.717, 1.165) is 5.56 Å². The van der Waals surface area contributed by atoms with E-state index < -0.39 is 24.6 Å². The normalized spacial score (nSPS) is 13.8. The second kappa shape index (κ2) is 5.46. The molecule has 1 unspecified atom stereocenters. The molecule has 6 heteroatoms. The van der Waals surface area contributed by atoms with Gasteiger partial charge in [-0.2, -0.15) is 13.2 Å². The molecule has 0 aliphatic rings.